The van der Waals surface area contributed by atoms with Gasteiger partial charge in [-0.15, -0.1) is 11.8 Å². The fourth-order valence-electron chi connectivity index (χ4n) is 4.24. The van der Waals surface area contributed by atoms with Crippen molar-refractivity contribution in [2.45, 2.75) is 23.3 Å². The van der Waals surface area contributed by atoms with Gasteiger partial charge in [0.25, 0.3) is 0 Å². The van der Waals surface area contributed by atoms with Crippen molar-refractivity contribution in [3.8, 4) is 22.3 Å². The molecule has 0 saturated carbocycles. The van der Waals surface area contributed by atoms with E-state index in [9.17, 15) is 19.8 Å². The van der Waals surface area contributed by atoms with E-state index < -0.39 is 10.5 Å². The van der Waals surface area contributed by atoms with E-state index in [2.05, 4.69) is 0 Å². The van der Waals surface area contributed by atoms with Crippen molar-refractivity contribution in [3.63, 3.8) is 0 Å². The Morgan fingerprint density at radius 1 is 0.514 bits per heavy atom. The zero-order valence-corrected chi connectivity index (χ0v) is 21.3. The van der Waals surface area contributed by atoms with Gasteiger partial charge in [-0.1, -0.05) is 109 Å². The molecule has 37 heavy (non-hydrogen) atoms. The lowest BCUT2D eigenvalue weighted by molar-refractivity contribution is 0.0974. The molecule has 4 aromatic rings. The van der Waals surface area contributed by atoms with Crippen LogP contribution in [0.5, 0.6) is 0 Å². The maximum Gasteiger partial charge on any atom is 0.175 e. The average molecular weight is 511 g/mol. The minimum atomic E-state index is -0.600. The highest BCUT2D eigenvalue weighted by atomic mass is 32.2. The van der Waals surface area contributed by atoms with Crippen molar-refractivity contribution in [3.05, 3.63) is 120 Å². The number of aliphatic hydroxyl groups excluding tert-OH is 2. The van der Waals surface area contributed by atoms with Crippen molar-refractivity contribution in [1.29, 1.82) is 0 Å². The maximum absolute atomic E-state index is 13.4. The van der Waals surface area contributed by atoms with Crippen LogP contribution in [0.2, 0.25) is 0 Å². The second-order valence-corrected chi connectivity index (χ2v) is 10.2. The van der Waals surface area contributed by atoms with E-state index in [0.717, 1.165) is 22.3 Å². The Morgan fingerprint density at radius 3 is 1.16 bits per heavy atom. The van der Waals surface area contributed by atoms with Gasteiger partial charge in [0.1, 0.15) is 0 Å². The lowest BCUT2D eigenvalue weighted by atomic mass is 10.0. The smallest absolute Gasteiger partial charge is 0.175 e. The largest absolute Gasteiger partial charge is 0.396 e. The Labute approximate surface area is 222 Å². The molecule has 5 heteroatoms. The van der Waals surface area contributed by atoms with Crippen molar-refractivity contribution in [2.75, 3.05) is 13.2 Å². The van der Waals surface area contributed by atoms with Gasteiger partial charge in [-0.2, -0.15) is 0 Å². The molecule has 4 aromatic carbocycles. The molecule has 0 aliphatic heterocycles. The van der Waals surface area contributed by atoms with Gasteiger partial charge in [-0.3, -0.25) is 9.59 Å². The van der Waals surface area contributed by atoms with E-state index >= 15 is 0 Å². The number of aliphatic hydroxyl groups is 2. The van der Waals surface area contributed by atoms with Crippen molar-refractivity contribution < 1.29 is 19.8 Å². The van der Waals surface area contributed by atoms with Crippen molar-refractivity contribution in [1.82, 2.24) is 0 Å². The summed E-state index contributed by atoms with van der Waals surface area (Å²) in [4.78, 5) is 26.8. The number of hydrogen-bond donors (Lipinski definition) is 2. The number of carbonyl (C=O) groups excluding carboxylic acids is 2. The Balaban J connectivity index is 1.50. The second-order valence-electron chi connectivity index (χ2n) is 8.75. The molecule has 2 atom stereocenters. The van der Waals surface area contributed by atoms with E-state index in [1.807, 2.05) is 84.9 Å². The van der Waals surface area contributed by atoms with E-state index in [1.165, 1.54) is 11.8 Å². The summed E-state index contributed by atoms with van der Waals surface area (Å²) in [5.74, 6) is -0.261. The highest BCUT2D eigenvalue weighted by molar-refractivity contribution is 8.02. The predicted molar refractivity (Wildman–Crippen MR) is 151 cm³/mol. The average Bonchev–Trinajstić information content (AvgIpc) is 2.97. The van der Waals surface area contributed by atoms with E-state index in [-0.39, 0.29) is 37.6 Å². The minimum absolute atomic E-state index is 0.131. The number of carbonyl (C=O) groups is 2. The molecule has 2 N–H and O–H groups in total. The molecule has 0 saturated heterocycles. The van der Waals surface area contributed by atoms with Crippen LogP contribution in [0.15, 0.2) is 109 Å². The maximum atomic E-state index is 13.4. The monoisotopic (exact) mass is 510 g/mol. The predicted octanol–water partition coefficient (Wildman–Crippen LogP) is 6.32. The Morgan fingerprint density at radius 2 is 0.838 bits per heavy atom. The molecular formula is C32H30O4S. The van der Waals surface area contributed by atoms with Crippen LogP contribution in [-0.4, -0.2) is 45.5 Å². The minimum Gasteiger partial charge on any atom is -0.396 e. The number of benzene rings is 4. The third kappa shape index (κ3) is 6.83. The quantitative estimate of drug-likeness (QED) is 0.218. The lowest BCUT2D eigenvalue weighted by Gasteiger charge is -2.21. The summed E-state index contributed by atoms with van der Waals surface area (Å²) in [6, 6.07) is 34.7. The van der Waals surface area contributed by atoms with Gasteiger partial charge < -0.3 is 10.2 Å². The second kappa shape index (κ2) is 13.2. The standard InChI is InChI=1S/C32H30O4S/c33-21-19-29(31(35)27-15-11-25(12-16-27)23-7-3-1-4-8-23)37-30(20-22-34)32(36)28-17-13-26(14-18-28)24-9-5-2-6-10-24/h1-18,29-30,33-34H,19-22H2. The zero-order valence-electron chi connectivity index (χ0n) is 20.5. The molecule has 0 spiro atoms. The first kappa shape index (κ1) is 26.6. The van der Waals surface area contributed by atoms with Gasteiger partial charge in [0.05, 0.1) is 10.5 Å². The first-order valence-corrected chi connectivity index (χ1v) is 13.3. The van der Waals surface area contributed by atoms with Crippen LogP contribution < -0.4 is 0 Å². The highest BCUT2D eigenvalue weighted by Crippen LogP contribution is 2.30. The van der Waals surface area contributed by atoms with Crippen LogP contribution in [0, 0.1) is 0 Å². The first-order valence-electron chi connectivity index (χ1n) is 12.4. The third-order valence-electron chi connectivity index (χ3n) is 6.25. The molecule has 4 rings (SSSR count). The van der Waals surface area contributed by atoms with E-state index in [1.54, 1.807) is 24.3 Å². The number of thioether (sulfide) groups is 1. The van der Waals surface area contributed by atoms with E-state index in [0.29, 0.717) is 11.1 Å². The highest BCUT2D eigenvalue weighted by Gasteiger charge is 2.29. The summed E-state index contributed by atoms with van der Waals surface area (Å²) in [7, 11) is 0. The Kier molecular flexibility index (Phi) is 9.44. The Bertz CT molecular complexity index is 1180. The number of Topliss-reactive ketones (excluding diaryl/α,β-unsaturated/α-hetero) is 2. The van der Waals surface area contributed by atoms with E-state index in [4.69, 9.17) is 0 Å². The first-order chi connectivity index (χ1) is 18.1. The van der Waals surface area contributed by atoms with Crippen LogP contribution in [-0.2, 0) is 0 Å². The van der Waals surface area contributed by atoms with Crippen molar-refractivity contribution in [2.24, 2.45) is 0 Å². The molecule has 0 radical (unpaired) electrons. The summed E-state index contributed by atoms with van der Waals surface area (Å²) in [5, 5.41) is 18.1. The zero-order chi connectivity index (χ0) is 26.0. The van der Waals surface area contributed by atoms with Gasteiger partial charge >= 0.3 is 0 Å². The molecule has 0 amide bonds. The van der Waals surface area contributed by atoms with Crippen LogP contribution in [0.4, 0.5) is 0 Å². The van der Waals surface area contributed by atoms with Crippen LogP contribution >= 0.6 is 11.8 Å². The van der Waals surface area contributed by atoms with Gasteiger partial charge in [0.15, 0.2) is 11.6 Å². The molecule has 0 heterocycles. The lowest BCUT2D eigenvalue weighted by Crippen LogP contribution is -2.27. The Hall–Kier alpha value is -3.51. The molecular weight excluding hydrogens is 480 g/mol. The van der Waals surface area contributed by atoms with Gasteiger partial charge in [-0.05, 0) is 35.1 Å². The van der Waals surface area contributed by atoms with Crippen LogP contribution in [0.3, 0.4) is 0 Å². The molecule has 2 unspecified atom stereocenters. The SMILES string of the molecule is O=C(c1ccc(-c2ccccc2)cc1)C(CCO)SC(CCO)C(=O)c1ccc(-c2ccccc2)cc1. The molecule has 0 aliphatic carbocycles. The molecule has 0 aromatic heterocycles. The summed E-state index contributed by atoms with van der Waals surface area (Å²) in [6.45, 7) is -0.339. The molecule has 0 fully saturated rings. The summed E-state index contributed by atoms with van der Waals surface area (Å²) >= 11 is 1.23. The number of hydrogen-bond acceptors (Lipinski definition) is 5. The van der Waals surface area contributed by atoms with Crippen LogP contribution in [0.25, 0.3) is 22.3 Å². The fourth-order valence-corrected chi connectivity index (χ4v) is 5.64. The van der Waals surface area contributed by atoms with Gasteiger partial charge in [0, 0.05) is 24.3 Å². The molecule has 0 aliphatic rings. The fraction of sp³-hybridized carbons (Fsp3) is 0.188. The summed E-state index contributed by atoms with van der Waals surface area (Å²) < 4.78 is 0. The molecule has 188 valence electrons. The topological polar surface area (TPSA) is 74.6 Å². The van der Waals surface area contributed by atoms with Gasteiger partial charge in [0.2, 0.25) is 0 Å². The van der Waals surface area contributed by atoms with Crippen molar-refractivity contribution >= 4 is 23.3 Å². The number of rotatable bonds is 12. The van der Waals surface area contributed by atoms with Crippen LogP contribution in [0.1, 0.15) is 33.6 Å². The summed E-state index contributed by atoms with van der Waals surface area (Å²) in [6.07, 6.45) is 0.457. The third-order valence-corrected chi connectivity index (χ3v) is 7.81. The molecule has 4 nitrogen and oxygen atoms in total. The number of ketones is 2. The normalized spacial score (nSPS) is 12.6. The molecule has 0 bridgehead atoms. The van der Waals surface area contributed by atoms with Gasteiger partial charge in [-0.25, -0.2) is 0 Å². The summed E-state index contributed by atoms with van der Waals surface area (Å²) in [5.41, 5.74) is 5.22.